The van der Waals surface area contributed by atoms with Crippen molar-refractivity contribution in [3.63, 3.8) is 0 Å². The Morgan fingerprint density at radius 3 is 3.00 bits per heavy atom. The first-order chi connectivity index (χ1) is 10.8. The van der Waals surface area contributed by atoms with E-state index in [9.17, 15) is 0 Å². The normalized spacial score (nSPS) is 17.9. The standard InChI is InChI=1S/C18H17N3S/c1-13-6-8-14(9-7-13)11-21-16-5-3-2-4-15(16)20-18(21)17-10-19-12-22-17/h2-8,10,12,14H,9,11H2,1H3. The molecule has 22 heavy (non-hydrogen) atoms. The number of allylic oxidation sites excluding steroid dienone is 4. The summed E-state index contributed by atoms with van der Waals surface area (Å²) in [5.74, 6) is 1.55. The Morgan fingerprint density at radius 2 is 2.23 bits per heavy atom. The van der Waals surface area contributed by atoms with E-state index >= 15 is 0 Å². The highest BCUT2D eigenvalue weighted by Crippen LogP contribution is 2.29. The molecule has 0 amide bonds. The van der Waals surface area contributed by atoms with Gasteiger partial charge in [0, 0.05) is 12.7 Å². The third-order valence-electron chi connectivity index (χ3n) is 4.10. The van der Waals surface area contributed by atoms with Crippen LogP contribution in [0.2, 0.25) is 0 Å². The van der Waals surface area contributed by atoms with Gasteiger partial charge in [-0.2, -0.15) is 0 Å². The van der Waals surface area contributed by atoms with Gasteiger partial charge in [0.15, 0.2) is 5.82 Å². The molecule has 1 aliphatic rings. The van der Waals surface area contributed by atoms with Crippen molar-refractivity contribution in [1.82, 2.24) is 14.5 Å². The van der Waals surface area contributed by atoms with Gasteiger partial charge in [0.1, 0.15) is 0 Å². The minimum absolute atomic E-state index is 0.521. The highest BCUT2D eigenvalue weighted by Gasteiger charge is 2.17. The Bertz CT molecular complexity index is 856. The first-order valence-corrected chi connectivity index (χ1v) is 8.38. The number of aromatic nitrogens is 3. The molecule has 0 saturated heterocycles. The lowest BCUT2D eigenvalue weighted by molar-refractivity contribution is 0.543. The SMILES string of the molecule is CC1=CCC(Cn2c(-c3cncs3)nc3ccccc32)C=C1. The average molecular weight is 307 g/mol. The molecule has 0 radical (unpaired) electrons. The van der Waals surface area contributed by atoms with Crippen LogP contribution in [0.1, 0.15) is 13.3 Å². The van der Waals surface area contributed by atoms with E-state index < -0.39 is 0 Å². The van der Waals surface area contributed by atoms with Crippen molar-refractivity contribution in [2.24, 2.45) is 5.92 Å². The van der Waals surface area contributed by atoms with Gasteiger partial charge in [0.2, 0.25) is 0 Å². The highest BCUT2D eigenvalue weighted by molar-refractivity contribution is 7.13. The lowest BCUT2D eigenvalue weighted by atomic mass is 9.97. The number of rotatable bonds is 3. The molecular weight excluding hydrogens is 290 g/mol. The molecule has 3 nitrogen and oxygen atoms in total. The lowest BCUT2D eigenvalue weighted by Gasteiger charge is -2.17. The van der Waals surface area contributed by atoms with Crippen LogP contribution in [0.25, 0.3) is 21.7 Å². The first-order valence-electron chi connectivity index (χ1n) is 7.50. The van der Waals surface area contributed by atoms with Gasteiger partial charge in [-0.15, -0.1) is 11.3 Å². The molecule has 0 spiro atoms. The quantitative estimate of drug-likeness (QED) is 0.703. The van der Waals surface area contributed by atoms with Gasteiger partial charge in [0.05, 0.1) is 21.4 Å². The number of para-hydroxylation sites is 2. The van der Waals surface area contributed by atoms with Crippen molar-refractivity contribution in [3.05, 3.63) is 59.8 Å². The van der Waals surface area contributed by atoms with E-state index in [2.05, 4.69) is 52.9 Å². The zero-order valence-electron chi connectivity index (χ0n) is 12.4. The summed E-state index contributed by atoms with van der Waals surface area (Å²) in [6, 6.07) is 8.36. The number of thiazole rings is 1. The smallest absolute Gasteiger partial charge is 0.152 e. The van der Waals surface area contributed by atoms with E-state index in [-0.39, 0.29) is 0 Å². The summed E-state index contributed by atoms with van der Waals surface area (Å²) in [6.07, 6.45) is 9.86. The molecule has 0 N–H and O–H groups in total. The number of fused-ring (bicyclic) bond motifs is 1. The largest absolute Gasteiger partial charge is 0.323 e. The van der Waals surface area contributed by atoms with Crippen LogP contribution in [0.5, 0.6) is 0 Å². The number of nitrogens with zero attached hydrogens (tertiary/aromatic N) is 3. The molecule has 1 aliphatic carbocycles. The van der Waals surface area contributed by atoms with Crippen LogP contribution in [0.3, 0.4) is 0 Å². The number of hydrogen-bond donors (Lipinski definition) is 0. The molecular formula is C18H17N3S. The van der Waals surface area contributed by atoms with Crippen molar-refractivity contribution >= 4 is 22.4 Å². The van der Waals surface area contributed by atoms with Crippen LogP contribution in [-0.4, -0.2) is 14.5 Å². The molecule has 2 heterocycles. The highest BCUT2D eigenvalue weighted by atomic mass is 32.1. The fraction of sp³-hybridized carbons (Fsp3) is 0.222. The maximum atomic E-state index is 4.83. The maximum absolute atomic E-state index is 4.83. The van der Waals surface area contributed by atoms with E-state index in [1.807, 2.05) is 17.8 Å². The predicted molar refractivity (Wildman–Crippen MR) is 91.8 cm³/mol. The Balaban J connectivity index is 1.78. The maximum Gasteiger partial charge on any atom is 0.152 e. The fourth-order valence-corrected chi connectivity index (χ4v) is 3.53. The molecule has 2 aromatic heterocycles. The Hall–Kier alpha value is -2.20. The van der Waals surface area contributed by atoms with E-state index in [0.717, 1.165) is 29.2 Å². The van der Waals surface area contributed by atoms with Crippen molar-refractivity contribution in [3.8, 4) is 10.7 Å². The molecule has 4 heteroatoms. The van der Waals surface area contributed by atoms with Gasteiger partial charge >= 0.3 is 0 Å². The van der Waals surface area contributed by atoms with Gasteiger partial charge < -0.3 is 4.57 Å². The first kappa shape index (κ1) is 13.5. The third kappa shape index (κ3) is 2.40. The van der Waals surface area contributed by atoms with Crippen LogP contribution in [0.4, 0.5) is 0 Å². The van der Waals surface area contributed by atoms with Crippen LogP contribution in [0, 0.1) is 5.92 Å². The summed E-state index contributed by atoms with van der Waals surface area (Å²) in [6.45, 7) is 3.11. The minimum atomic E-state index is 0.521. The summed E-state index contributed by atoms with van der Waals surface area (Å²) < 4.78 is 2.34. The van der Waals surface area contributed by atoms with Crippen molar-refractivity contribution in [2.75, 3.05) is 0 Å². The van der Waals surface area contributed by atoms with Gasteiger partial charge in [-0.25, -0.2) is 4.98 Å². The van der Waals surface area contributed by atoms with Crippen molar-refractivity contribution < 1.29 is 0 Å². The minimum Gasteiger partial charge on any atom is -0.323 e. The monoisotopic (exact) mass is 307 g/mol. The van der Waals surface area contributed by atoms with E-state index in [1.54, 1.807) is 11.3 Å². The molecule has 4 rings (SSSR count). The summed E-state index contributed by atoms with van der Waals surface area (Å²) >= 11 is 1.64. The third-order valence-corrected chi connectivity index (χ3v) is 4.87. The van der Waals surface area contributed by atoms with E-state index in [4.69, 9.17) is 4.98 Å². The Labute approximate surface area is 133 Å². The summed E-state index contributed by atoms with van der Waals surface area (Å²) in [7, 11) is 0. The Kier molecular flexibility index (Phi) is 3.39. The second kappa shape index (κ2) is 5.54. The summed E-state index contributed by atoms with van der Waals surface area (Å²) in [4.78, 5) is 10.2. The second-order valence-electron chi connectivity index (χ2n) is 5.70. The fourth-order valence-electron chi connectivity index (χ4n) is 2.92. The molecule has 0 bridgehead atoms. The number of imidazole rings is 1. The topological polar surface area (TPSA) is 30.7 Å². The van der Waals surface area contributed by atoms with Crippen molar-refractivity contribution in [1.29, 1.82) is 0 Å². The average Bonchev–Trinajstić information content (AvgIpc) is 3.18. The molecule has 0 fully saturated rings. The van der Waals surface area contributed by atoms with Gasteiger partial charge in [-0.1, -0.05) is 35.9 Å². The zero-order chi connectivity index (χ0) is 14.9. The number of benzene rings is 1. The zero-order valence-corrected chi connectivity index (χ0v) is 13.3. The predicted octanol–water partition coefficient (Wildman–Crippen LogP) is 4.68. The molecule has 1 atom stereocenters. The van der Waals surface area contributed by atoms with Crippen LogP contribution < -0.4 is 0 Å². The van der Waals surface area contributed by atoms with E-state index in [1.165, 1.54) is 11.1 Å². The number of hydrogen-bond acceptors (Lipinski definition) is 3. The van der Waals surface area contributed by atoms with Crippen LogP contribution in [-0.2, 0) is 6.54 Å². The summed E-state index contributed by atoms with van der Waals surface area (Å²) in [5.41, 5.74) is 5.48. The van der Waals surface area contributed by atoms with Gasteiger partial charge in [-0.05, 0) is 31.4 Å². The lowest BCUT2D eigenvalue weighted by Crippen LogP contribution is -2.11. The van der Waals surface area contributed by atoms with Crippen LogP contribution in [0.15, 0.2) is 59.8 Å². The molecule has 1 unspecified atom stereocenters. The summed E-state index contributed by atoms with van der Waals surface area (Å²) in [5, 5.41) is 0. The van der Waals surface area contributed by atoms with Crippen LogP contribution >= 0.6 is 11.3 Å². The molecule has 1 aromatic carbocycles. The molecule has 3 aromatic rings. The van der Waals surface area contributed by atoms with Gasteiger partial charge in [-0.3, -0.25) is 4.98 Å². The molecule has 0 aliphatic heterocycles. The van der Waals surface area contributed by atoms with Gasteiger partial charge in [0.25, 0.3) is 0 Å². The molecule has 110 valence electrons. The Morgan fingerprint density at radius 1 is 1.32 bits per heavy atom. The second-order valence-corrected chi connectivity index (χ2v) is 6.59. The van der Waals surface area contributed by atoms with E-state index in [0.29, 0.717) is 5.92 Å². The van der Waals surface area contributed by atoms with Crippen molar-refractivity contribution in [2.45, 2.75) is 19.9 Å². The molecule has 0 saturated carbocycles.